The van der Waals surface area contributed by atoms with E-state index in [1.165, 1.54) is 11.0 Å². The first-order valence-electron chi connectivity index (χ1n) is 10.5. The zero-order chi connectivity index (χ0) is 22.6. The second-order valence-corrected chi connectivity index (χ2v) is 8.91. The maximum atomic E-state index is 14.4. The largest absolute Gasteiger partial charge is 0.411 e. The van der Waals surface area contributed by atoms with Gasteiger partial charge in [-0.1, -0.05) is 25.0 Å². The van der Waals surface area contributed by atoms with Crippen molar-refractivity contribution in [3.05, 3.63) is 53.0 Å². The van der Waals surface area contributed by atoms with E-state index in [0.29, 0.717) is 27.9 Å². The minimum absolute atomic E-state index is 0.0621. The van der Waals surface area contributed by atoms with Crippen LogP contribution in [0.5, 0.6) is 0 Å². The van der Waals surface area contributed by atoms with Crippen LogP contribution in [-0.2, 0) is 0 Å². The Morgan fingerprint density at radius 2 is 1.81 bits per heavy atom. The highest BCUT2D eigenvalue weighted by Crippen LogP contribution is 2.45. The van der Waals surface area contributed by atoms with Gasteiger partial charge >= 0.3 is 6.18 Å². The molecule has 0 spiro atoms. The van der Waals surface area contributed by atoms with E-state index in [0.717, 1.165) is 39.5 Å². The lowest BCUT2D eigenvalue weighted by atomic mass is 9.97. The number of nitrogens with zero attached hydrogens (tertiary/aromatic N) is 3. The fourth-order valence-electron chi connectivity index (χ4n) is 4.74. The molecule has 1 fully saturated rings. The van der Waals surface area contributed by atoms with Crippen LogP contribution >= 0.6 is 0 Å². The average molecular weight is 431 g/mol. The van der Waals surface area contributed by atoms with Gasteiger partial charge in [0.25, 0.3) is 0 Å². The lowest BCUT2D eigenvalue weighted by molar-refractivity contribution is -0.209. The molecule has 0 atom stereocenters. The SMILES string of the molecule is Cc1cc2c(cc1F)c(C#N)c(C1=CC=CCN1C(C)(C)C(F)(F)F)n2C1CCCC1. The maximum Gasteiger partial charge on any atom is 0.411 e. The predicted molar refractivity (Wildman–Crippen MR) is 113 cm³/mol. The number of benzene rings is 1. The molecule has 0 unspecified atom stereocenters. The molecule has 0 amide bonds. The van der Waals surface area contributed by atoms with Gasteiger partial charge in [-0.2, -0.15) is 18.4 Å². The highest BCUT2D eigenvalue weighted by atomic mass is 19.4. The number of halogens is 4. The summed E-state index contributed by atoms with van der Waals surface area (Å²) < 4.78 is 58.4. The first kappa shape index (κ1) is 21.5. The summed E-state index contributed by atoms with van der Waals surface area (Å²) in [5, 5.41) is 10.5. The Morgan fingerprint density at radius 1 is 1.13 bits per heavy atom. The molecule has 2 aliphatic rings. The molecule has 1 aromatic carbocycles. The van der Waals surface area contributed by atoms with E-state index in [-0.39, 0.29) is 18.2 Å². The van der Waals surface area contributed by atoms with Crippen molar-refractivity contribution in [3.63, 3.8) is 0 Å². The van der Waals surface area contributed by atoms with Crippen LogP contribution in [0.2, 0.25) is 0 Å². The Labute approximate surface area is 179 Å². The van der Waals surface area contributed by atoms with Gasteiger partial charge in [0.05, 0.1) is 22.5 Å². The van der Waals surface area contributed by atoms with Gasteiger partial charge in [-0.15, -0.1) is 0 Å². The molecule has 1 saturated carbocycles. The van der Waals surface area contributed by atoms with E-state index in [4.69, 9.17) is 0 Å². The summed E-state index contributed by atoms with van der Waals surface area (Å²) in [6.45, 7) is 4.04. The molecule has 31 heavy (non-hydrogen) atoms. The van der Waals surface area contributed by atoms with E-state index in [2.05, 4.69) is 6.07 Å². The summed E-state index contributed by atoms with van der Waals surface area (Å²) >= 11 is 0. The Hall–Kier alpha value is -2.75. The molecular formula is C24H25F4N3. The molecule has 7 heteroatoms. The molecule has 4 rings (SSSR count). The second-order valence-electron chi connectivity index (χ2n) is 8.91. The zero-order valence-corrected chi connectivity index (χ0v) is 17.9. The summed E-state index contributed by atoms with van der Waals surface area (Å²) in [5.41, 5.74) is 0.0424. The van der Waals surface area contributed by atoms with Crippen molar-refractivity contribution in [3.8, 4) is 6.07 Å². The topological polar surface area (TPSA) is 32.0 Å². The smallest absolute Gasteiger partial charge is 0.352 e. The molecule has 0 N–H and O–H groups in total. The van der Waals surface area contributed by atoms with E-state index >= 15 is 0 Å². The summed E-state index contributed by atoms with van der Waals surface area (Å²) in [4.78, 5) is 1.30. The zero-order valence-electron chi connectivity index (χ0n) is 17.9. The molecular weight excluding hydrogens is 406 g/mol. The number of aryl methyl sites for hydroxylation is 1. The summed E-state index contributed by atoms with van der Waals surface area (Å²) in [5.74, 6) is -0.427. The van der Waals surface area contributed by atoms with Crippen LogP contribution in [0, 0.1) is 24.1 Å². The molecule has 2 heterocycles. The first-order valence-corrected chi connectivity index (χ1v) is 10.5. The highest BCUT2D eigenvalue weighted by molar-refractivity contribution is 5.93. The van der Waals surface area contributed by atoms with E-state index < -0.39 is 17.5 Å². The van der Waals surface area contributed by atoms with Crippen LogP contribution in [0.25, 0.3) is 16.6 Å². The number of hydrogen-bond acceptors (Lipinski definition) is 2. The number of nitriles is 1. The molecule has 1 aromatic heterocycles. The molecule has 1 aliphatic carbocycles. The lowest BCUT2D eigenvalue weighted by Crippen LogP contribution is -2.54. The highest BCUT2D eigenvalue weighted by Gasteiger charge is 2.52. The minimum Gasteiger partial charge on any atom is -0.352 e. The molecule has 3 nitrogen and oxygen atoms in total. The van der Waals surface area contributed by atoms with Crippen molar-refractivity contribution >= 4 is 16.6 Å². The summed E-state index contributed by atoms with van der Waals surface area (Å²) in [6.07, 6.45) is 4.36. The molecule has 0 bridgehead atoms. The minimum atomic E-state index is -4.48. The molecule has 2 aromatic rings. The number of aromatic nitrogens is 1. The molecule has 0 radical (unpaired) electrons. The number of hydrogen-bond donors (Lipinski definition) is 0. The molecule has 0 saturated heterocycles. The van der Waals surface area contributed by atoms with Crippen molar-refractivity contribution in [2.45, 2.75) is 64.2 Å². The van der Waals surface area contributed by atoms with Gasteiger partial charge in [0.15, 0.2) is 0 Å². The third-order valence-electron chi connectivity index (χ3n) is 6.67. The van der Waals surface area contributed by atoms with Crippen molar-refractivity contribution < 1.29 is 17.6 Å². The molecule has 1 aliphatic heterocycles. The Balaban J connectivity index is 2.04. The summed E-state index contributed by atoms with van der Waals surface area (Å²) in [6, 6.07) is 5.30. The Kier molecular flexibility index (Phi) is 5.15. The predicted octanol–water partition coefficient (Wildman–Crippen LogP) is 6.63. The standard InChI is InChI=1S/C24H25F4N3/c1-15-12-21-17(13-19(15)25)18(14-29)22(31(21)16-8-4-5-9-16)20-10-6-7-11-30(20)23(2,3)24(26,27)28/h6-7,10,12-13,16H,4-5,8-9,11H2,1-3H3. The Morgan fingerprint density at radius 3 is 2.42 bits per heavy atom. The van der Waals surface area contributed by atoms with Gasteiger partial charge in [-0.05, 0) is 57.4 Å². The van der Waals surface area contributed by atoms with Crippen LogP contribution < -0.4 is 0 Å². The van der Waals surface area contributed by atoms with Gasteiger partial charge < -0.3 is 9.47 Å². The number of rotatable bonds is 3. The van der Waals surface area contributed by atoms with Crippen LogP contribution in [0.4, 0.5) is 17.6 Å². The van der Waals surface area contributed by atoms with Gasteiger partial charge in [-0.3, -0.25) is 0 Å². The van der Waals surface area contributed by atoms with Crippen molar-refractivity contribution in [1.82, 2.24) is 9.47 Å². The molecule has 164 valence electrons. The van der Waals surface area contributed by atoms with Crippen LogP contribution in [0.15, 0.2) is 30.4 Å². The van der Waals surface area contributed by atoms with E-state index in [1.54, 1.807) is 31.2 Å². The summed E-state index contributed by atoms with van der Waals surface area (Å²) in [7, 11) is 0. The van der Waals surface area contributed by atoms with Crippen LogP contribution in [0.1, 0.15) is 62.4 Å². The normalized spacial score (nSPS) is 18.0. The third-order valence-corrected chi connectivity index (χ3v) is 6.67. The fraction of sp³-hybridized carbons (Fsp3) is 0.458. The second kappa shape index (κ2) is 7.44. The number of allylic oxidation sites excluding steroid dienone is 2. The monoisotopic (exact) mass is 431 g/mol. The third kappa shape index (κ3) is 3.33. The van der Waals surface area contributed by atoms with Crippen molar-refractivity contribution in [2.75, 3.05) is 6.54 Å². The quantitative estimate of drug-likeness (QED) is 0.511. The van der Waals surface area contributed by atoms with E-state index in [9.17, 15) is 22.8 Å². The lowest BCUT2D eigenvalue weighted by Gasteiger charge is -2.43. The first-order chi connectivity index (χ1) is 14.6. The van der Waals surface area contributed by atoms with Crippen molar-refractivity contribution in [1.29, 1.82) is 5.26 Å². The Bertz CT molecular complexity index is 1120. The average Bonchev–Trinajstić information content (AvgIpc) is 3.33. The number of fused-ring (bicyclic) bond motifs is 1. The van der Waals surface area contributed by atoms with E-state index in [1.807, 2.05) is 4.57 Å². The maximum absolute atomic E-state index is 14.4. The van der Waals surface area contributed by atoms with Gasteiger partial charge in [0.1, 0.15) is 17.4 Å². The van der Waals surface area contributed by atoms with Gasteiger partial charge in [0.2, 0.25) is 0 Å². The van der Waals surface area contributed by atoms with Crippen LogP contribution in [-0.4, -0.2) is 27.7 Å². The van der Waals surface area contributed by atoms with Gasteiger partial charge in [-0.25, -0.2) is 4.39 Å². The fourth-order valence-corrected chi connectivity index (χ4v) is 4.74. The van der Waals surface area contributed by atoms with Crippen molar-refractivity contribution in [2.24, 2.45) is 0 Å². The number of alkyl halides is 3. The van der Waals surface area contributed by atoms with Gasteiger partial charge in [0, 0.05) is 18.0 Å². The van der Waals surface area contributed by atoms with Crippen LogP contribution in [0.3, 0.4) is 0 Å².